The van der Waals surface area contributed by atoms with Crippen molar-refractivity contribution in [2.75, 3.05) is 0 Å². The molecule has 2 atom stereocenters. The lowest BCUT2D eigenvalue weighted by Gasteiger charge is -2.39. The van der Waals surface area contributed by atoms with Crippen molar-refractivity contribution in [3.05, 3.63) is 0 Å². The summed E-state index contributed by atoms with van der Waals surface area (Å²) in [6.07, 6.45) is -1.28. The highest BCUT2D eigenvalue weighted by molar-refractivity contribution is 6.35. The Hall–Kier alpha value is -0.135. The van der Waals surface area contributed by atoms with Crippen LogP contribution in [-0.2, 0) is 14.0 Å². The van der Waals surface area contributed by atoms with E-state index >= 15 is 0 Å². The third kappa shape index (κ3) is 2.34. The molecule has 0 aromatic rings. The smallest absolute Gasteiger partial charge is 0.402 e. The van der Waals surface area contributed by atoms with Gasteiger partial charge >= 0.3 is 7.32 Å². The third-order valence-electron chi connectivity index (χ3n) is 2.81. The predicted molar refractivity (Wildman–Crippen MR) is 54.9 cm³/mol. The normalized spacial score (nSPS) is 32.4. The van der Waals surface area contributed by atoms with Gasteiger partial charge in [-0.2, -0.15) is 0 Å². The lowest BCUT2D eigenvalue weighted by Crippen LogP contribution is -2.55. The standard InChI is InChI=1S/C9H19BO5/c1-6(2)13-7(11)9(5)8(3,4)14-10(12)15-9/h6-7,11-12H,1-5H3. The first kappa shape index (κ1) is 12.9. The van der Waals surface area contributed by atoms with Gasteiger partial charge in [-0.3, -0.25) is 0 Å². The van der Waals surface area contributed by atoms with Crippen molar-refractivity contribution >= 4 is 7.32 Å². The molecule has 1 rings (SSSR count). The number of hydrogen-bond donors (Lipinski definition) is 2. The van der Waals surface area contributed by atoms with E-state index in [-0.39, 0.29) is 6.10 Å². The summed E-state index contributed by atoms with van der Waals surface area (Å²) in [4.78, 5) is 0. The van der Waals surface area contributed by atoms with Gasteiger partial charge in [0.1, 0.15) is 5.60 Å². The lowest BCUT2D eigenvalue weighted by molar-refractivity contribution is -0.233. The molecule has 1 saturated heterocycles. The van der Waals surface area contributed by atoms with E-state index in [1.807, 2.05) is 13.8 Å². The summed E-state index contributed by atoms with van der Waals surface area (Å²) in [7, 11) is -1.32. The third-order valence-corrected chi connectivity index (χ3v) is 2.81. The highest BCUT2D eigenvalue weighted by atomic mass is 16.8. The van der Waals surface area contributed by atoms with Crippen molar-refractivity contribution in [2.24, 2.45) is 0 Å². The van der Waals surface area contributed by atoms with Crippen molar-refractivity contribution in [3.8, 4) is 0 Å². The van der Waals surface area contributed by atoms with Crippen LogP contribution in [0.5, 0.6) is 0 Å². The maximum Gasteiger partial charge on any atom is 0.637 e. The van der Waals surface area contributed by atoms with E-state index in [4.69, 9.17) is 14.0 Å². The first-order valence-electron chi connectivity index (χ1n) is 5.06. The molecule has 6 heteroatoms. The minimum Gasteiger partial charge on any atom is -0.402 e. The van der Waals surface area contributed by atoms with Gasteiger partial charge in [-0.05, 0) is 34.6 Å². The maximum atomic E-state index is 9.89. The van der Waals surface area contributed by atoms with Crippen molar-refractivity contribution in [1.82, 2.24) is 0 Å². The minimum absolute atomic E-state index is 0.131. The summed E-state index contributed by atoms with van der Waals surface area (Å²) < 4.78 is 15.6. The Labute approximate surface area is 90.5 Å². The van der Waals surface area contributed by atoms with Crippen LogP contribution >= 0.6 is 0 Å². The van der Waals surface area contributed by atoms with Gasteiger partial charge in [0.2, 0.25) is 0 Å². The molecule has 0 aromatic carbocycles. The minimum atomic E-state index is -1.32. The number of aliphatic hydroxyl groups is 1. The van der Waals surface area contributed by atoms with Crippen LogP contribution in [0, 0.1) is 0 Å². The highest BCUT2D eigenvalue weighted by Crippen LogP contribution is 2.39. The van der Waals surface area contributed by atoms with Gasteiger partial charge in [0.25, 0.3) is 0 Å². The Morgan fingerprint density at radius 1 is 1.20 bits per heavy atom. The molecule has 5 nitrogen and oxygen atoms in total. The van der Waals surface area contributed by atoms with E-state index in [0.29, 0.717) is 0 Å². The second kappa shape index (κ2) is 4.03. The van der Waals surface area contributed by atoms with Crippen LogP contribution in [0.15, 0.2) is 0 Å². The van der Waals surface area contributed by atoms with E-state index in [1.165, 1.54) is 0 Å². The monoisotopic (exact) mass is 218 g/mol. The van der Waals surface area contributed by atoms with Gasteiger partial charge < -0.3 is 24.2 Å². The summed E-state index contributed by atoms with van der Waals surface area (Å²) in [6.45, 7) is 8.74. The molecule has 0 saturated carbocycles. The molecule has 1 fully saturated rings. The van der Waals surface area contributed by atoms with Crippen LogP contribution in [0.3, 0.4) is 0 Å². The van der Waals surface area contributed by atoms with Gasteiger partial charge in [0.05, 0.1) is 11.7 Å². The topological polar surface area (TPSA) is 68.2 Å². The van der Waals surface area contributed by atoms with Crippen LogP contribution in [0.4, 0.5) is 0 Å². The molecule has 2 unspecified atom stereocenters. The van der Waals surface area contributed by atoms with Gasteiger partial charge in [-0.15, -0.1) is 0 Å². The molecule has 88 valence electrons. The van der Waals surface area contributed by atoms with Crippen LogP contribution in [-0.4, -0.2) is 41.0 Å². The molecule has 2 N–H and O–H groups in total. The summed E-state index contributed by atoms with van der Waals surface area (Å²) in [5.74, 6) is 0. The van der Waals surface area contributed by atoms with Crippen molar-refractivity contribution in [3.63, 3.8) is 0 Å². The number of rotatable bonds is 3. The van der Waals surface area contributed by atoms with Crippen LogP contribution < -0.4 is 0 Å². The van der Waals surface area contributed by atoms with E-state index < -0.39 is 24.8 Å². The quantitative estimate of drug-likeness (QED) is 0.526. The van der Waals surface area contributed by atoms with Gasteiger partial charge in [-0.1, -0.05) is 0 Å². The summed E-state index contributed by atoms with van der Waals surface area (Å²) >= 11 is 0. The Morgan fingerprint density at radius 2 is 1.73 bits per heavy atom. The number of aliphatic hydroxyl groups excluding tert-OH is 1. The molecule has 15 heavy (non-hydrogen) atoms. The zero-order chi connectivity index (χ0) is 11.9. The van der Waals surface area contributed by atoms with E-state index in [0.717, 1.165) is 0 Å². The second-order valence-corrected chi connectivity index (χ2v) is 4.70. The fourth-order valence-electron chi connectivity index (χ4n) is 1.49. The maximum absolute atomic E-state index is 9.89. The molecule has 1 heterocycles. The first-order valence-corrected chi connectivity index (χ1v) is 5.06. The number of ether oxygens (including phenoxy) is 1. The molecule has 0 aromatic heterocycles. The Kier molecular flexibility index (Phi) is 3.47. The molecule has 0 amide bonds. The summed E-state index contributed by atoms with van der Waals surface area (Å²) in [5, 5.41) is 19.2. The fraction of sp³-hybridized carbons (Fsp3) is 1.00. The molecule has 1 aliphatic heterocycles. The van der Waals surface area contributed by atoms with E-state index in [2.05, 4.69) is 0 Å². The average molecular weight is 218 g/mol. The van der Waals surface area contributed by atoms with E-state index in [1.54, 1.807) is 20.8 Å². The Morgan fingerprint density at radius 3 is 2.07 bits per heavy atom. The summed E-state index contributed by atoms with van der Waals surface area (Å²) in [6, 6.07) is 0. The highest BCUT2D eigenvalue weighted by Gasteiger charge is 2.59. The number of hydrogen-bond acceptors (Lipinski definition) is 5. The van der Waals surface area contributed by atoms with Gasteiger partial charge in [0, 0.05) is 0 Å². The van der Waals surface area contributed by atoms with Crippen molar-refractivity contribution < 1.29 is 24.2 Å². The van der Waals surface area contributed by atoms with E-state index in [9.17, 15) is 10.1 Å². The fourth-order valence-corrected chi connectivity index (χ4v) is 1.49. The Bertz CT molecular complexity index is 233. The zero-order valence-electron chi connectivity index (χ0n) is 9.85. The van der Waals surface area contributed by atoms with Crippen LogP contribution in [0.2, 0.25) is 0 Å². The zero-order valence-corrected chi connectivity index (χ0v) is 9.85. The molecular formula is C9H19BO5. The van der Waals surface area contributed by atoms with Gasteiger partial charge in [0.15, 0.2) is 6.29 Å². The second-order valence-electron chi connectivity index (χ2n) is 4.70. The molecule has 0 bridgehead atoms. The van der Waals surface area contributed by atoms with Gasteiger partial charge in [-0.25, -0.2) is 0 Å². The van der Waals surface area contributed by atoms with Crippen LogP contribution in [0.25, 0.3) is 0 Å². The average Bonchev–Trinajstić information content (AvgIpc) is 2.19. The molecule has 0 radical (unpaired) electrons. The van der Waals surface area contributed by atoms with Crippen LogP contribution in [0.1, 0.15) is 34.6 Å². The predicted octanol–water partition coefficient (Wildman–Crippen LogP) is 0.291. The molecule has 0 spiro atoms. The molecule has 1 aliphatic rings. The molecular weight excluding hydrogens is 199 g/mol. The Balaban J connectivity index is 2.81. The molecule has 0 aliphatic carbocycles. The SMILES string of the molecule is CC(C)OC(O)C1(C)OB(O)OC1(C)C. The lowest BCUT2D eigenvalue weighted by atomic mass is 9.87. The first-order chi connectivity index (χ1) is 6.69. The van der Waals surface area contributed by atoms with Crippen molar-refractivity contribution in [1.29, 1.82) is 0 Å². The summed E-state index contributed by atoms with van der Waals surface area (Å²) in [5.41, 5.74) is -1.91. The largest absolute Gasteiger partial charge is 0.637 e. The van der Waals surface area contributed by atoms with Crippen molar-refractivity contribution in [2.45, 2.75) is 58.2 Å².